The van der Waals surface area contributed by atoms with E-state index in [4.69, 9.17) is 0 Å². The number of hydrogen-bond donors (Lipinski definition) is 1. The number of amides is 2. The smallest absolute Gasteiger partial charge is 0.225 e. The summed E-state index contributed by atoms with van der Waals surface area (Å²) in [6.45, 7) is 3.92. The largest absolute Gasteiger partial charge is 0.326 e. The summed E-state index contributed by atoms with van der Waals surface area (Å²) in [5.41, 5.74) is 3.15. The van der Waals surface area contributed by atoms with Gasteiger partial charge in [0.1, 0.15) is 0 Å². The molecule has 0 fully saturated rings. The zero-order valence-electron chi connectivity index (χ0n) is 15.7. The zero-order chi connectivity index (χ0) is 20.5. The molecule has 28 heavy (non-hydrogen) atoms. The monoisotopic (exact) mass is 464 g/mol. The molecule has 0 aliphatic carbocycles. The third-order valence-corrected chi connectivity index (χ3v) is 6.95. The number of hydrogen-bond acceptors (Lipinski definition) is 4. The standard InChI is InChI=1S/C20H21BrN2O4S/c1-13-11-16(21)3-5-18(13)22-20(25)8-10-28(26,27)17-4-6-19-15(12-17)7-9-23(19)14(2)24/h3-6,11-12H,7-10H2,1-2H3,(H,22,25). The fraction of sp³-hybridized carbons (Fsp3) is 0.300. The van der Waals surface area contributed by atoms with E-state index in [1.165, 1.54) is 13.0 Å². The van der Waals surface area contributed by atoms with Crippen LogP contribution in [0.5, 0.6) is 0 Å². The normalized spacial score (nSPS) is 13.3. The van der Waals surface area contributed by atoms with Crippen LogP contribution in [0.4, 0.5) is 11.4 Å². The van der Waals surface area contributed by atoms with Crippen molar-refractivity contribution in [1.29, 1.82) is 0 Å². The third-order valence-electron chi connectivity index (χ3n) is 4.75. The molecule has 1 aliphatic rings. The van der Waals surface area contributed by atoms with Crippen LogP contribution in [-0.4, -0.2) is 32.5 Å². The van der Waals surface area contributed by atoms with Crippen LogP contribution in [0.2, 0.25) is 0 Å². The highest BCUT2D eigenvalue weighted by atomic mass is 79.9. The highest BCUT2D eigenvalue weighted by Gasteiger charge is 2.25. The van der Waals surface area contributed by atoms with E-state index in [1.54, 1.807) is 23.1 Å². The highest BCUT2D eigenvalue weighted by Crippen LogP contribution is 2.30. The van der Waals surface area contributed by atoms with Crippen molar-refractivity contribution in [3.05, 3.63) is 52.0 Å². The number of fused-ring (bicyclic) bond motifs is 1. The van der Waals surface area contributed by atoms with E-state index >= 15 is 0 Å². The van der Waals surface area contributed by atoms with Crippen LogP contribution in [0.1, 0.15) is 24.5 Å². The number of carbonyl (C=O) groups excluding carboxylic acids is 2. The predicted molar refractivity (Wildman–Crippen MR) is 112 cm³/mol. The van der Waals surface area contributed by atoms with Gasteiger partial charge in [0.25, 0.3) is 0 Å². The summed E-state index contributed by atoms with van der Waals surface area (Å²) in [5.74, 6) is -0.684. The highest BCUT2D eigenvalue weighted by molar-refractivity contribution is 9.10. The number of rotatable bonds is 5. The Kier molecular flexibility index (Phi) is 5.90. The molecular weight excluding hydrogens is 444 g/mol. The molecule has 0 atom stereocenters. The molecule has 0 saturated heterocycles. The van der Waals surface area contributed by atoms with Crippen LogP contribution in [0.25, 0.3) is 0 Å². The summed E-state index contributed by atoms with van der Waals surface area (Å²) >= 11 is 3.36. The summed E-state index contributed by atoms with van der Waals surface area (Å²) in [6.07, 6.45) is 0.496. The summed E-state index contributed by atoms with van der Waals surface area (Å²) in [5, 5.41) is 2.75. The van der Waals surface area contributed by atoms with E-state index in [-0.39, 0.29) is 28.9 Å². The first-order valence-corrected chi connectivity index (χ1v) is 11.3. The number of anilines is 2. The van der Waals surface area contributed by atoms with Gasteiger partial charge in [0.05, 0.1) is 10.6 Å². The topological polar surface area (TPSA) is 83.6 Å². The molecule has 0 unspecified atom stereocenters. The maximum Gasteiger partial charge on any atom is 0.225 e. The maximum absolute atomic E-state index is 12.6. The number of nitrogens with one attached hydrogen (secondary N) is 1. The molecule has 0 spiro atoms. The second kappa shape index (κ2) is 8.05. The Hall–Kier alpha value is -2.19. The van der Waals surface area contributed by atoms with E-state index in [0.717, 1.165) is 21.3 Å². The molecule has 2 amide bonds. The van der Waals surface area contributed by atoms with Crippen LogP contribution in [0.15, 0.2) is 45.8 Å². The molecule has 2 aromatic rings. The van der Waals surface area contributed by atoms with Crippen LogP contribution < -0.4 is 10.2 Å². The number of nitrogens with zero attached hydrogens (tertiary/aromatic N) is 1. The second-order valence-electron chi connectivity index (χ2n) is 6.79. The van der Waals surface area contributed by atoms with Crippen LogP contribution in [-0.2, 0) is 25.8 Å². The van der Waals surface area contributed by atoms with Gasteiger partial charge < -0.3 is 10.2 Å². The molecule has 2 aromatic carbocycles. The Balaban J connectivity index is 1.67. The van der Waals surface area contributed by atoms with Crippen molar-refractivity contribution in [1.82, 2.24) is 0 Å². The van der Waals surface area contributed by atoms with E-state index in [9.17, 15) is 18.0 Å². The van der Waals surface area contributed by atoms with Gasteiger partial charge in [-0.2, -0.15) is 0 Å². The molecule has 0 bridgehead atoms. The quantitative estimate of drug-likeness (QED) is 0.733. The van der Waals surface area contributed by atoms with Gasteiger partial charge in [0.15, 0.2) is 9.84 Å². The molecule has 0 aromatic heterocycles. The minimum Gasteiger partial charge on any atom is -0.326 e. The summed E-state index contributed by atoms with van der Waals surface area (Å²) in [4.78, 5) is 25.6. The molecular formula is C20H21BrN2O4S. The Morgan fingerprint density at radius 2 is 1.93 bits per heavy atom. The first-order chi connectivity index (χ1) is 13.2. The number of sulfone groups is 1. The van der Waals surface area contributed by atoms with Crippen LogP contribution >= 0.6 is 15.9 Å². The average molecular weight is 465 g/mol. The molecule has 0 saturated carbocycles. The fourth-order valence-corrected chi connectivity index (χ4v) is 4.99. The van der Waals surface area contributed by atoms with Crippen molar-refractivity contribution in [3.8, 4) is 0 Å². The lowest BCUT2D eigenvalue weighted by atomic mass is 10.2. The molecule has 8 heteroatoms. The lowest BCUT2D eigenvalue weighted by Crippen LogP contribution is -2.25. The Morgan fingerprint density at radius 1 is 1.18 bits per heavy atom. The lowest BCUT2D eigenvalue weighted by molar-refractivity contribution is -0.117. The number of aryl methyl sites for hydroxylation is 1. The van der Waals surface area contributed by atoms with Crippen LogP contribution in [0.3, 0.4) is 0 Å². The van der Waals surface area contributed by atoms with Gasteiger partial charge in [-0.05, 0) is 60.9 Å². The van der Waals surface area contributed by atoms with Gasteiger partial charge in [-0.3, -0.25) is 9.59 Å². The Morgan fingerprint density at radius 3 is 2.61 bits per heavy atom. The number of carbonyl (C=O) groups is 2. The lowest BCUT2D eigenvalue weighted by Gasteiger charge is -2.15. The van der Waals surface area contributed by atoms with Crippen LogP contribution in [0, 0.1) is 6.92 Å². The molecule has 0 radical (unpaired) electrons. The molecule has 1 heterocycles. The SMILES string of the molecule is CC(=O)N1CCc2cc(S(=O)(=O)CCC(=O)Nc3ccc(Br)cc3C)ccc21. The zero-order valence-corrected chi connectivity index (χ0v) is 18.1. The molecule has 3 rings (SSSR count). The molecule has 1 N–H and O–H groups in total. The Labute approximate surface area is 173 Å². The summed E-state index contributed by atoms with van der Waals surface area (Å²) < 4.78 is 26.2. The van der Waals surface area contributed by atoms with Gasteiger partial charge >= 0.3 is 0 Å². The van der Waals surface area contributed by atoms with Crippen molar-refractivity contribution < 1.29 is 18.0 Å². The van der Waals surface area contributed by atoms with Gasteiger partial charge in [-0.1, -0.05) is 15.9 Å². The molecule has 148 valence electrons. The van der Waals surface area contributed by atoms with Crippen molar-refractivity contribution >= 4 is 49.0 Å². The van der Waals surface area contributed by atoms with Gasteiger partial charge in [0.2, 0.25) is 11.8 Å². The first-order valence-electron chi connectivity index (χ1n) is 8.87. The summed E-state index contributed by atoms with van der Waals surface area (Å²) in [6, 6.07) is 10.3. The maximum atomic E-state index is 12.6. The van der Waals surface area contributed by atoms with E-state index in [1.807, 2.05) is 19.1 Å². The fourth-order valence-electron chi connectivity index (χ4n) is 3.22. The van der Waals surface area contributed by atoms with E-state index in [0.29, 0.717) is 18.7 Å². The predicted octanol–water partition coefficient (Wildman–Crippen LogP) is 3.47. The van der Waals surface area contributed by atoms with Crippen molar-refractivity contribution in [2.24, 2.45) is 0 Å². The van der Waals surface area contributed by atoms with E-state index in [2.05, 4.69) is 21.2 Å². The second-order valence-corrected chi connectivity index (χ2v) is 9.81. The van der Waals surface area contributed by atoms with Gasteiger partial charge in [0, 0.05) is 35.7 Å². The first kappa shape index (κ1) is 20.5. The average Bonchev–Trinajstić information content (AvgIpc) is 3.06. The minimum absolute atomic E-state index is 0.0609. The van der Waals surface area contributed by atoms with Crippen molar-refractivity contribution in [3.63, 3.8) is 0 Å². The number of benzene rings is 2. The van der Waals surface area contributed by atoms with Gasteiger partial charge in [-0.15, -0.1) is 0 Å². The van der Waals surface area contributed by atoms with Crippen molar-refractivity contribution in [2.75, 3.05) is 22.5 Å². The molecule has 6 nitrogen and oxygen atoms in total. The molecule has 1 aliphatic heterocycles. The van der Waals surface area contributed by atoms with Crippen molar-refractivity contribution in [2.45, 2.75) is 31.6 Å². The summed E-state index contributed by atoms with van der Waals surface area (Å²) in [7, 11) is -3.60. The number of halogens is 1. The van der Waals surface area contributed by atoms with Gasteiger partial charge in [-0.25, -0.2) is 8.42 Å². The van der Waals surface area contributed by atoms with E-state index < -0.39 is 9.84 Å². The Bertz CT molecular complexity index is 1050. The third kappa shape index (κ3) is 4.44. The minimum atomic E-state index is -3.60.